The highest BCUT2D eigenvalue weighted by atomic mass is 19.4. The minimum absolute atomic E-state index is 0.0189. The molecule has 1 aliphatic rings. The van der Waals surface area contributed by atoms with Crippen LogP contribution >= 0.6 is 0 Å². The SMILES string of the molecule is O=C(NCC1(O)CCC1)C(=O)Nc1ccccc1CCC(F)(F)F. The molecule has 5 nitrogen and oxygen atoms in total. The van der Waals surface area contributed by atoms with Crippen LogP contribution in [0.3, 0.4) is 0 Å². The second kappa shape index (κ2) is 7.21. The number of carbonyl (C=O) groups is 2. The maximum Gasteiger partial charge on any atom is 0.389 e. The van der Waals surface area contributed by atoms with Gasteiger partial charge >= 0.3 is 18.0 Å². The molecule has 2 amide bonds. The van der Waals surface area contributed by atoms with Crippen molar-refractivity contribution in [2.24, 2.45) is 0 Å². The number of para-hydroxylation sites is 1. The number of nitrogens with one attached hydrogen (secondary N) is 2. The van der Waals surface area contributed by atoms with E-state index in [1.54, 1.807) is 12.1 Å². The van der Waals surface area contributed by atoms with Crippen LogP contribution in [0.1, 0.15) is 31.2 Å². The van der Waals surface area contributed by atoms with Crippen molar-refractivity contribution in [2.45, 2.75) is 43.9 Å². The third-order valence-electron chi connectivity index (χ3n) is 4.01. The van der Waals surface area contributed by atoms with Gasteiger partial charge in [-0.05, 0) is 37.3 Å². The Morgan fingerprint density at radius 1 is 1.17 bits per heavy atom. The Hall–Kier alpha value is -2.09. The molecule has 0 aromatic heterocycles. The van der Waals surface area contributed by atoms with Crippen molar-refractivity contribution in [2.75, 3.05) is 11.9 Å². The second-order valence-corrected chi connectivity index (χ2v) is 5.99. The van der Waals surface area contributed by atoms with E-state index < -0.39 is 30.0 Å². The largest absolute Gasteiger partial charge is 0.389 e. The monoisotopic (exact) mass is 344 g/mol. The number of carbonyl (C=O) groups excluding carboxylic acids is 2. The molecule has 0 atom stereocenters. The van der Waals surface area contributed by atoms with Crippen molar-refractivity contribution in [1.29, 1.82) is 0 Å². The molecule has 0 saturated heterocycles. The van der Waals surface area contributed by atoms with Gasteiger partial charge in [-0.3, -0.25) is 9.59 Å². The number of hydrogen-bond acceptors (Lipinski definition) is 3. The zero-order valence-electron chi connectivity index (χ0n) is 12.9. The highest BCUT2D eigenvalue weighted by Gasteiger charge is 2.35. The molecule has 1 aromatic carbocycles. The molecule has 0 radical (unpaired) electrons. The van der Waals surface area contributed by atoms with E-state index in [0.29, 0.717) is 18.4 Å². The quantitative estimate of drug-likeness (QED) is 0.716. The number of aliphatic hydroxyl groups is 1. The maximum atomic E-state index is 12.3. The molecule has 1 saturated carbocycles. The summed E-state index contributed by atoms with van der Waals surface area (Å²) < 4.78 is 37.0. The van der Waals surface area contributed by atoms with Gasteiger partial charge in [0.1, 0.15) is 0 Å². The normalized spacial score (nSPS) is 16.2. The highest BCUT2D eigenvalue weighted by molar-refractivity contribution is 6.39. The van der Waals surface area contributed by atoms with Crippen LogP contribution in [0.15, 0.2) is 24.3 Å². The minimum atomic E-state index is -4.30. The van der Waals surface area contributed by atoms with Crippen molar-refractivity contribution in [3.8, 4) is 0 Å². The second-order valence-electron chi connectivity index (χ2n) is 5.99. The Labute approximate surface area is 137 Å². The number of rotatable bonds is 5. The average molecular weight is 344 g/mol. The first-order chi connectivity index (χ1) is 11.2. The molecule has 1 aromatic rings. The number of alkyl halides is 3. The van der Waals surface area contributed by atoms with E-state index in [-0.39, 0.29) is 18.7 Å². The van der Waals surface area contributed by atoms with Crippen LogP contribution in [0, 0.1) is 0 Å². The van der Waals surface area contributed by atoms with E-state index in [9.17, 15) is 27.9 Å². The summed E-state index contributed by atoms with van der Waals surface area (Å²) in [6.07, 6.45) is -3.61. The van der Waals surface area contributed by atoms with Crippen molar-refractivity contribution in [3.05, 3.63) is 29.8 Å². The summed E-state index contributed by atoms with van der Waals surface area (Å²) in [6, 6.07) is 6.03. The molecule has 0 bridgehead atoms. The predicted molar refractivity (Wildman–Crippen MR) is 81.3 cm³/mol. The van der Waals surface area contributed by atoms with Gasteiger partial charge in [-0.25, -0.2) is 0 Å². The molecule has 1 aliphatic carbocycles. The molecule has 132 valence electrons. The lowest BCUT2D eigenvalue weighted by Gasteiger charge is -2.36. The van der Waals surface area contributed by atoms with Gasteiger partial charge < -0.3 is 15.7 Å². The van der Waals surface area contributed by atoms with Crippen LogP contribution in [0.25, 0.3) is 0 Å². The van der Waals surface area contributed by atoms with Crippen molar-refractivity contribution >= 4 is 17.5 Å². The Bertz CT molecular complexity index is 613. The van der Waals surface area contributed by atoms with Crippen LogP contribution in [0.5, 0.6) is 0 Å². The summed E-state index contributed by atoms with van der Waals surface area (Å²) >= 11 is 0. The average Bonchev–Trinajstić information content (AvgIpc) is 2.49. The first kappa shape index (κ1) is 18.3. The number of aryl methyl sites for hydroxylation is 1. The first-order valence-corrected chi connectivity index (χ1v) is 7.65. The van der Waals surface area contributed by atoms with Crippen LogP contribution in [-0.4, -0.2) is 35.2 Å². The van der Waals surface area contributed by atoms with Gasteiger partial charge in [0, 0.05) is 18.7 Å². The lowest BCUT2D eigenvalue weighted by Crippen LogP contribution is -2.49. The van der Waals surface area contributed by atoms with Gasteiger partial charge in [-0.1, -0.05) is 18.2 Å². The number of amides is 2. The Balaban J connectivity index is 1.92. The van der Waals surface area contributed by atoms with Gasteiger partial charge in [-0.2, -0.15) is 13.2 Å². The molecular formula is C16H19F3N2O3. The van der Waals surface area contributed by atoms with Crippen molar-refractivity contribution in [3.63, 3.8) is 0 Å². The van der Waals surface area contributed by atoms with Gasteiger partial charge in [0.2, 0.25) is 0 Å². The van der Waals surface area contributed by atoms with E-state index in [4.69, 9.17) is 0 Å². The fraction of sp³-hybridized carbons (Fsp3) is 0.500. The Morgan fingerprint density at radius 2 is 1.83 bits per heavy atom. The van der Waals surface area contributed by atoms with Crippen LogP contribution < -0.4 is 10.6 Å². The van der Waals surface area contributed by atoms with Crippen molar-refractivity contribution in [1.82, 2.24) is 5.32 Å². The predicted octanol–water partition coefficient (Wildman–Crippen LogP) is 2.15. The first-order valence-electron chi connectivity index (χ1n) is 7.65. The van der Waals surface area contributed by atoms with Crippen molar-refractivity contribution < 1.29 is 27.9 Å². The maximum absolute atomic E-state index is 12.3. The van der Waals surface area contributed by atoms with E-state index in [2.05, 4.69) is 10.6 Å². The fourth-order valence-corrected chi connectivity index (χ4v) is 2.40. The number of anilines is 1. The van der Waals surface area contributed by atoms with Crippen LogP contribution in [-0.2, 0) is 16.0 Å². The summed E-state index contributed by atoms with van der Waals surface area (Å²) in [4.78, 5) is 23.6. The zero-order chi connectivity index (χ0) is 17.8. The third-order valence-corrected chi connectivity index (χ3v) is 4.01. The highest BCUT2D eigenvalue weighted by Crippen LogP contribution is 2.30. The molecule has 8 heteroatoms. The van der Waals surface area contributed by atoms with E-state index >= 15 is 0 Å². The summed E-state index contributed by atoms with van der Waals surface area (Å²) in [6.45, 7) is -0.0189. The molecule has 0 aliphatic heterocycles. The third kappa shape index (κ3) is 5.23. The fourth-order valence-electron chi connectivity index (χ4n) is 2.40. The Kier molecular flexibility index (Phi) is 5.48. The zero-order valence-corrected chi connectivity index (χ0v) is 12.9. The number of hydrogen-bond donors (Lipinski definition) is 3. The number of benzene rings is 1. The van der Waals surface area contributed by atoms with Gasteiger partial charge in [0.15, 0.2) is 0 Å². The molecular weight excluding hydrogens is 325 g/mol. The standard InChI is InChI=1S/C16H19F3N2O3/c17-16(18,19)9-6-11-4-1-2-5-12(11)21-14(23)13(22)20-10-15(24)7-3-8-15/h1-2,4-5,24H,3,6-10H2,(H,20,22)(H,21,23). The van der Waals surface area contributed by atoms with Gasteiger partial charge in [-0.15, -0.1) is 0 Å². The smallest absolute Gasteiger partial charge is 0.388 e. The molecule has 2 rings (SSSR count). The summed E-state index contributed by atoms with van der Waals surface area (Å²) in [5, 5.41) is 14.5. The lowest BCUT2D eigenvalue weighted by molar-refractivity contribution is -0.137. The van der Waals surface area contributed by atoms with Crippen LogP contribution in [0.2, 0.25) is 0 Å². The van der Waals surface area contributed by atoms with E-state index in [0.717, 1.165) is 6.42 Å². The minimum Gasteiger partial charge on any atom is -0.388 e. The molecule has 24 heavy (non-hydrogen) atoms. The Morgan fingerprint density at radius 3 is 2.42 bits per heavy atom. The lowest BCUT2D eigenvalue weighted by atomic mass is 9.80. The molecule has 0 spiro atoms. The molecule has 0 heterocycles. The van der Waals surface area contributed by atoms with E-state index in [1.165, 1.54) is 12.1 Å². The van der Waals surface area contributed by atoms with Crippen LogP contribution in [0.4, 0.5) is 18.9 Å². The molecule has 0 unspecified atom stereocenters. The molecule has 1 fully saturated rings. The van der Waals surface area contributed by atoms with Gasteiger partial charge in [0.05, 0.1) is 5.60 Å². The summed E-state index contributed by atoms with van der Waals surface area (Å²) in [7, 11) is 0. The van der Waals surface area contributed by atoms with E-state index in [1.807, 2.05) is 0 Å². The summed E-state index contributed by atoms with van der Waals surface area (Å²) in [5.74, 6) is -1.90. The molecule has 3 N–H and O–H groups in total. The van der Waals surface area contributed by atoms with Gasteiger partial charge in [0.25, 0.3) is 0 Å². The summed E-state index contributed by atoms with van der Waals surface area (Å²) in [5.41, 5.74) is -0.488. The number of halogens is 3. The topological polar surface area (TPSA) is 78.4 Å².